The lowest BCUT2D eigenvalue weighted by atomic mass is 9.90. The number of piperidine rings is 1. The third-order valence-electron chi connectivity index (χ3n) is 3.78. The van der Waals surface area contributed by atoms with Gasteiger partial charge in [0.25, 0.3) is 0 Å². The van der Waals surface area contributed by atoms with Crippen LogP contribution in [0.4, 0.5) is 0 Å². The summed E-state index contributed by atoms with van der Waals surface area (Å²) in [7, 11) is 1.75. The van der Waals surface area contributed by atoms with E-state index in [9.17, 15) is 0 Å². The van der Waals surface area contributed by atoms with Gasteiger partial charge in [0.1, 0.15) is 0 Å². The maximum Gasteiger partial charge on any atom is 0.0589 e. The van der Waals surface area contributed by atoms with Crippen molar-refractivity contribution in [2.45, 2.75) is 31.8 Å². The Balaban J connectivity index is 2.15. The van der Waals surface area contributed by atoms with Gasteiger partial charge in [-0.05, 0) is 31.9 Å². The molecule has 0 spiro atoms. The van der Waals surface area contributed by atoms with Crippen LogP contribution in [0.25, 0.3) is 0 Å². The summed E-state index contributed by atoms with van der Waals surface area (Å²) >= 11 is 0. The van der Waals surface area contributed by atoms with Crippen LogP contribution >= 0.6 is 0 Å². The van der Waals surface area contributed by atoms with Crippen LogP contribution in [-0.4, -0.2) is 37.7 Å². The van der Waals surface area contributed by atoms with Gasteiger partial charge in [-0.25, -0.2) is 0 Å². The standard InChI is InChI=1S/C15H24N2O/c1-12-5-7-13(8-6-12)15-14(16)4-3-9-17(15)10-11-18-2/h5-8,14-15H,3-4,9-11,16H2,1-2H3. The lowest BCUT2D eigenvalue weighted by Crippen LogP contribution is -2.46. The summed E-state index contributed by atoms with van der Waals surface area (Å²) in [5, 5.41) is 0. The Kier molecular flexibility index (Phi) is 4.75. The maximum absolute atomic E-state index is 6.33. The minimum Gasteiger partial charge on any atom is -0.383 e. The van der Waals surface area contributed by atoms with Crippen LogP contribution in [0.2, 0.25) is 0 Å². The predicted octanol–water partition coefficient (Wildman–Crippen LogP) is 2.11. The summed E-state index contributed by atoms with van der Waals surface area (Å²) < 4.78 is 5.20. The first-order chi connectivity index (χ1) is 8.72. The first kappa shape index (κ1) is 13.5. The lowest BCUT2D eigenvalue weighted by molar-refractivity contribution is 0.0848. The van der Waals surface area contributed by atoms with Gasteiger partial charge in [0.15, 0.2) is 0 Å². The Bertz CT molecular complexity index is 363. The summed E-state index contributed by atoms with van der Waals surface area (Å²) in [5.74, 6) is 0. The van der Waals surface area contributed by atoms with Crippen molar-refractivity contribution in [3.63, 3.8) is 0 Å². The molecule has 1 aromatic carbocycles. The monoisotopic (exact) mass is 248 g/mol. The summed E-state index contributed by atoms with van der Waals surface area (Å²) in [6.45, 7) is 4.97. The molecule has 1 heterocycles. The number of ether oxygens (including phenoxy) is 1. The topological polar surface area (TPSA) is 38.5 Å². The van der Waals surface area contributed by atoms with Crippen molar-refractivity contribution in [3.8, 4) is 0 Å². The summed E-state index contributed by atoms with van der Waals surface area (Å²) in [5.41, 5.74) is 8.96. The van der Waals surface area contributed by atoms with E-state index in [4.69, 9.17) is 10.5 Å². The average Bonchev–Trinajstić information content (AvgIpc) is 2.38. The summed E-state index contributed by atoms with van der Waals surface area (Å²) in [4.78, 5) is 2.46. The Hall–Kier alpha value is -0.900. The largest absolute Gasteiger partial charge is 0.383 e. The molecule has 2 unspecified atom stereocenters. The number of hydrogen-bond donors (Lipinski definition) is 1. The molecular weight excluding hydrogens is 224 g/mol. The molecular formula is C15H24N2O. The Morgan fingerprint density at radius 3 is 2.72 bits per heavy atom. The second-order valence-corrected chi connectivity index (χ2v) is 5.19. The van der Waals surface area contributed by atoms with Gasteiger partial charge < -0.3 is 10.5 Å². The minimum absolute atomic E-state index is 0.235. The SMILES string of the molecule is COCCN1CCCC(N)C1c1ccc(C)cc1. The number of nitrogens with two attached hydrogens (primary N) is 1. The van der Waals surface area contributed by atoms with Crippen molar-refractivity contribution >= 4 is 0 Å². The molecule has 2 N–H and O–H groups in total. The average molecular weight is 248 g/mol. The van der Waals surface area contributed by atoms with Crippen LogP contribution in [0.1, 0.15) is 30.0 Å². The second kappa shape index (κ2) is 6.32. The van der Waals surface area contributed by atoms with Crippen LogP contribution in [0.5, 0.6) is 0 Å². The third kappa shape index (κ3) is 3.10. The number of methoxy groups -OCH3 is 1. The van der Waals surface area contributed by atoms with Gasteiger partial charge in [-0.2, -0.15) is 0 Å². The molecule has 0 amide bonds. The van der Waals surface area contributed by atoms with Gasteiger partial charge >= 0.3 is 0 Å². The number of aryl methyl sites for hydroxylation is 1. The van der Waals surface area contributed by atoms with E-state index in [-0.39, 0.29) is 6.04 Å². The van der Waals surface area contributed by atoms with Gasteiger partial charge in [-0.15, -0.1) is 0 Å². The fourth-order valence-electron chi connectivity index (χ4n) is 2.78. The highest BCUT2D eigenvalue weighted by Crippen LogP contribution is 2.29. The Labute approximate surface area is 110 Å². The molecule has 100 valence electrons. The zero-order chi connectivity index (χ0) is 13.0. The molecule has 2 rings (SSSR count). The van der Waals surface area contributed by atoms with Gasteiger partial charge in [0.2, 0.25) is 0 Å². The van der Waals surface area contributed by atoms with Crippen LogP contribution in [0.3, 0.4) is 0 Å². The molecule has 2 atom stereocenters. The number of likely N-dealkylation sites (tertiary alicyclic amines) is 1. The Morgan fingerprint density at radius 2 is 2.06 bits per heavy atom. The molecule has 1 saturated heterocycles. The smallest absolute Gasteiger partial charge is 0.0589 e. The van der Waals surface area contributed by atoms with E-state index in [2.05, 4.69) is 36.1 Å². The van der Waals surface area contributed by atoms with Gasteiger partial charge in [-0.3, -0.25) is 4.90 Å². The molecule has 1 fully saturated rings. The number of nitrogens with zero attached hydrogens (tertiary/aromatic N) is 1. The van der Waals surface area contributed by atoms with E-state index in [1.54, 1.807) is 7.11 Å². The van der Waals surface area contributed by atoms with Crippen molar-refractivity contribution in [3.05, 3.63) is 35.4 Å². The van der Waals surface area contributed by atoms with Gasteiger partial charge in [0, 0.05) is 25.7 Å². The number of rotatable bonds is 4. The third-order valence-corrected chi connectivity index (χ3v) is 3.78. The fraction of sp³-hybridized carbons (Fsp3) is 0.600. The quantitative estimate of drug-likeness (QED) is 0.887. The first-order valence-electron chi connectivity index (χ1n) is 6.77. The molecule has 0 bridgehead atoms. The molecule has 1 aliphatic rings. The van der Waals surface area contributed by atoms with Crippen molar-refractivity contribution in [2.24, 2.45) is 5.73 Å². The fourth-order valence-corrected chi connectivity index (χ4v) is 2.78. The molecule has 1 aromatic rings. The number of hydrogen-bond acceptors (Lipinski definition) is 3. The van der Waals surface area contributed by atoms with E-state index < -0.39 is 0 Å². The molecule has 3 nitrogen and oxygen atoms in total. The molecule has 18 heavy (non-hydrogen) atoms. The second-order valence-electron chi connectivity index (χ2n) is 5.19. The molecule has 0 aliphatic carbocycles. The minimum atomic E-state index is 0.235. The highest BCUT2D eigenvalue weighted by Gasteiger charge is 2.29. The summed E-state index contributed by atoms with van der Waals surface area (Å²) in [6.07, 6.45) is 2.30. The molecule has 0 radical (unpaired) electrons. The van der Waals surface area contributed by atoms with Crippen LogP contribution < -0.4 is 5.73 Å². The Morgan fingerprint density at radius 1 is 1.33 bits per heavy atom. The first-order valence-corrected chi connectivity index (χ1v) is 6.77. The van der Waals surface area contributed by atoms with Crippen molar-refractivity contribution < 1.29 is 4.74 Å². The zero-order valence-corrected chi connectivity index (χ0v) is 11.4. The molecule has 3 heteroatoms. The van der Waals surface area contributed by atoms with E-state index >= 15 is 0 Å². The highest BCUT2D eigenvalue weighted by atomic mass is 16.5. The molecule has 0 saturated carbocycles. The van der Waals surface area contributed by atoms with Crippen LogP contribution in [0.15, 0.2) is 24.3 Å². The lowest BCUT2D eigenvalue weighted by Gasteiger charge is -2.40. The van der Waals surface area contributed by atoms with Crippen molar-refractivity contribution in [1.29, 1.82) is 0 Å². The van der Waals surface area contributed by atoms with E-state index in [0.717, 1.165) is 26.1 Å². The summed E-state index contributed by atoms with van der Waals surface area (Å²) in [6, 6.07) is 9.35. The van der Waals surface area contributed by atoms with E-state index in [0.29, 0.717) is 6.04 Å². The van der Waals surface area contributed by atoms with Crippen LogP contribution in [-0.2, 0) is 4.74 Å². The van der Waals surface area contributed by atoms with Gasteiger partial charge in [-0.1, -0.05) is 29.8 Å². The maximum atomic E-state index is 6.33. The van der Waals surface area contributed by atoms with E-state index in [1.807, 2.05) is 0 Å². The zero-order valence-electron chi connectivity index (χ0n) is 11.4. The van der Waals surface area contributed by atoms with E-state index in [1.165, 1.54) is 17.5 Å². The molecule has 0 aromatic heterocycles. The van der Waals surface area contributed by atoms with Crippen molar-refractivity contribution in [1.82, 2.24) is 4.90 Å². The van der Waals surface area contributed by atoms with Gasteiger partial charge in [0.05, 0.1) is 6.61 Å². The van der Waals surface area contributed by atoms with Crippen molar-refractivity contribution in [2.75, 3.05) is 26.8 Å². The predicted molar refractivity (Wildman–Crippen MR) is 74.6 cm³/mol. The van der Waals surface area contributed by atoms with Crippen LogP contribution in [0, 0.1) is 6.92 Å². The normalized spacial score (nSPS) is 25.3. The molecule has 1 aliphatic heterocycles. The number of benzene rings is 1. The highest BCUT2D eigenvalue weighted by molar-refractivity contribution is 5.25.